The van der Waals surface area contributed by atoms with Crippen molar-refractivity contribution in [3.05, 3.63) is 125 Å². The number of carbonyl (C=O) groups excluding carboxylic acids is 1. The minimum Gasteiger partial charge on any atom is -0.492 e. The van der Waals surface area contributed by atoms with E-state index in [0.29, 0.717) is 48.2 Å². The smallest absolute Gasteiger partial charge is 0.326 e. The van der Waals surface area contributed by atoms with E-state index >= 15 is 0 Å². The maximum atomic E-state index is 13.2. The Morgan fingerprint density at radius 2 is 1.73 bits per heavy atom. The monoisotopic (exact) mass is 549 g/mol. The standard InChI is InChI=1S/C33H31N3O5/c1-22-7-6-8-24(19-22)32(37)26-9-2-3-10-27(26)35-29(33(38)39)20-23-13-15-25(16-14-23)40-18-17-34-21-31-36-28-11-4-5-12-30(28)41-31/h2-16,19,29,34-35H,17-18,20-21H2,1H3,(H,38,39). The lowest BCUT2D eigenvalue weighted by Crippen LogP contribution is -2.32. The molecule has 5 aromatic rings. The van der Waals surface area contributed by atoms with Gasteiger partial charge in [-0.25, -0.2) is 9.78 Å². The summed E-state index contributed by atoms with van der Waals surface area (Å²) in [5.41, 5.74) is 4.88. The number of benzene rings is 4. The number of hydrogen-bond donors (Lipinski definition) is 3. The first kappa shape index (κ1) is 27.6. The van der Waals surface area contributed by atoms with Crippen LogP contribution >= 0.6 is 0 Å². The summed E-state index contributed by atoms with van der Waals surface area (Å²) >= 11 is 0. The number of rotatable bonds is 13. The molecule has 1 heterocycles. The molecule has 0 radical (unpaired) electrons. The van der Waals surface area contributed by atoms with Gasteiger partial charge < -0.3 is 24.9 Å². The predicted molar refractivity (Wildman–Crippen MR) is 157 cm³/mol. The molecule has 208 valence electrons. The van der Waals surface area contributed by atoms with Crippen LogP contribution in [0.4, 0.5) is 5.69 Å². The Balaban J connectivity index is 1.14. The lowest BCUT2D eigenvalue weighted by molar-refractivity contribution is -0.137. The number of nitrogens with zero attached hydrogens (tertiary/aromatic N) is 1. The fourth-order valence-corrected chi connectivity index (χ4v) is 4.53. The van der Waals surface area contributed by atoms with Crippen molar-refractivity contribution in [2.24, 2.45) is 0 Å². The zero-order valence-electron chi connectivity index (χ0n) is 22.7. The topological polar surface area (TPSA) is 114 Å². The number of carboxylic acids is 1. The van der Waals surface area contributed by atoms with Gasteiger partial charge in [0.25, 0.3) is 0 Å². The van der Waals surface area contributed by atoms with Crippen molar-refractivity contribution in [3.8, 4) is 5.75 Å². The van der Waals surface area contributed by atoms with Crippen LogP contribution < -0.4 is 15.4 Å². The molecule has 41 heavy (non-hydrogen) atoms. The third kappa shape index (κ3) is 7.17. The zero-order valence-corrected chi connectivity index (χ0v) is 22.7. The van der Waals surface area contributed by atoms with E-state index in [1.165, 1.54) is 0 Å². The van der Waals surface area contributed by atoms with Crippen LogP contribution in [0, 0.1) is 6.92 Å². The van der Waals surface area contributed by atoms with Crippen LogP contribution in [-0.4, -0.2) is 41.0 Å². The molecular weight excluding hydrogens is 518 g/mol. The van der Waals surface area contributed by atoms with Crippen LogP contribution in [0.2, 0.25) is 0 Å². The highest BCUT2D eigenvalue weighted by Crippen LogP contribution is 2.22. The number of aryl methyl sites for hydroxylation is 1. The molecule has 0 aliphatic rings. The van der Waals surface area contributed by atoms with Crippen molar-refractivity contribution in [3.63, 3.8) is 0 Å². The summed E-state index contributed by atoms with van der Waals surface area (Å²) in [6.07, 6.45) is 0.231. The summed E-state index contributed by atoms with van der Waals surface area (Å²) in [5, 5.41) is 16.3. The molecular formula is C33H31N3O5. The lowest BCUT2D eigenvalue weighted by Gasteiger charge is -2.18. The second kappa shape index (κ2) is 12.9. The molecule has 0 saturated carbocycles. The second-order valence-corrected chi connectivity index (χ2v) is 9.73. The van der Waals surface area contributed by atoms with Crippen LogP contribution in [-0.2, 0) is 17.8 Å². The van der Waals surface area contributed by atoms with Crippen molar-refractivity contribution in [2.45, 2.75) is 25.9 Å². The number of carboxylic acid groups (broad SMARTS) is 1. The third-order valence-corrected chi connectivity index (χ3v) is 6.60. The molecule has 1 atom stereocenters. The Labute approximate surface area is 238 Å². The van der Waals surface area contributed by atoms with Gasteiger partial charge in [-0.05, 0) is 55.0 Å². The van der Waals surface area contributed by atoms with Crippen molar-refractivity contribution in [1.29, 1.82) is 0 Å². The molecule has 1 aromatic heterocycles. The van der Waals surface area contributed by atoms with Gasteiger partial charge in [0.05, 0.1) is 6.54 Å². The van der Waals surface area contributed by atoms with Crippen molar-refractivity contribution >= 4 is 28.5 Å². The van der Waals surface area contributed by atoms with Gasteiger partial charge in [0, 0.05) is 29.8 Å². The predicted octanol–water partition coefficient (Wildman–Crippen LogP) is 5.64. The maximum absolute atomic E-state index is 13.2. The van der Waals surface area contributed by atoms with Crippen molar-refractivity contribution in [2.75, 3.05) is 18.5 Å². The van der Waals surface area contributed by atoms with Crippen LogP contribution in [0.25, 0.3) is 11.1 Å². The van der Waals surface area contributed by atoms with Crippen LogP contribution in [0.5, 0.6) is 5.75 Å². The summed E-state index contributed by atoms with van der Waals surface area (Å²) < 4.78 is 11.5. The first-order chi connectivity index (χ1) is 20.0. The number of para-hydroxylation sites is 3. The Bertz CT molecular complexity index is 1610. The number of hydrogen-bond acceptors (Lipinski definition) is 7. The number of nitrogens with one attached hydrogen (secondary N) is 2. The summed E-state index contributed by atoms with van der Waals surface area (Å²) in [6.45, 7) is 3.48. The van der Waals surface area contributed by atoms with Gasteiger partial charge in [0.15, 0.2) is 11.4 Å². The molecule has 8 nitrogen and oxygen atoms in total. The Morgan fingerprint density at radius 3 is 2.51 bits per heavy atom. The number of carbonyl (C=O) groups is 2. The van der Waals surface area contributed by atoms with E-state index in [-0.39, 0.29) is 12.2 Å². The van der Waals surface area contributed by atoms with E-state index < -0.39 is 12.0 Å². The fraction of sp³-hybridized carbons (Fsp3) is 0.182. The molecule has 0 fully saturated rings. The van der Waals surface area contributed by atoms with E-state index in [2.05, 4.69) is 15.6 Å². The molecule has 5 rings (SSSR count). The summed E-state index contributed by atoms with van der Waals surface area (Å²) in [7, 11) is 0. The number of ketones is 1. The molecule has 0 saturated heterocycles. The summed E-state index contributed by atoms with van der Waals surface area (Å²) in [4.78, 5) is 29.8. The van der Waals surface area contributed by atoms with Crippen molar-refractivity contribution in [1.82, 2.24) is 10.3 Å². The molecule has 4 aromatic carbocycles. The molecule has 0 bridgehead atoms. The zero-order chi connectivity index (χ0) is 28.6. The highest BCUT2D eigenvalue weighted by Gasteiger charge is 2.21. The first-order valence-electron chi connectivity index (χ1n) is 13.4. The molecule has 0 amide bonds. The molecule has 3 N–H and O–H groups in total. The quantitative estimate of drug-likeness (QED) is 0.128. The third-order valence-electron chi connectivity index (χ3n) is 6.60. The van der Waals surface area contributed by atoms with Gasteiger partial charge in [-0.3, -0.25) is 4.79 Å². The average Bonchev–Trinajstić information content (AvgIpc) is 3.40. The van der Waals surface area contributed by atoms with E-state index in [1.54, 1.807) is 30.3 Å². The van der Waals surface area contributed by atoms with Gasteiger partial charge >= 0.3 is 5.97 Å². The fourth-order valence-electron chi connectivity index (χ4n) is 4.53. The minimum absolute atomic E-state index is 0.161. The lowest BCUT2D eigenvalue weighted by atomic mass is 9.99. The van der Waals surface area contributed by atoms with Gasteiger partial charge in [0.1, 0.15) is 23.9 Å². The van der Waals surface area contributed by atoms with E-state index in [1.807, 2.05) is 73.7 Å². The summed E-state index contributed by atoms with van der Waals surface area (Å²) in [5.74, 6) is 0.143. The van der Waals surface area contributed by atoms with Crippen LogP contribution in [0.3, 0.4) is 0 Å². The average molecular weight is 550 g/mol. The molecule has 8 heteroatoms. The molecule has 0 spiro atoms. The van der Waals surface area contributed by atoms with Gasteiger partial charge in [-0.15, -0.1) is 0 Å². The number of ether oxygens (including phenoxy) is 1. The van der Waals surface area contributed by atoms with E-state index in [9.17, 15) is 14.7 Å². The molecule has 1 unspecified atom stereocenters. The largest absolute Gasteiger partial charge is 0.492 e. The van der Waals surface area contributed by atoms with Gasteiger partial charge in [-0.2, -0.15) is 0 Å². The van der Waals surface area contributed by atoms with Gasteiger partial charge in [-0.1, -0.05) is 60.2 Å². The Hall–Kier alpha value is -4.95. The number of oxazole rings is 1. The highest BCUT2D eigenvalue weighted by molar-refractivity contribution is 6.12. The first-order valence-corrected chi connectivity index (χ1v) is 13.4. The highest BCUT2D eigenvalue weighted by atomic mass is 16.5. The molecule has 0 aliphatic carbocycles. The van der Waals surface area contributed by atoms with Crippen LogP contribution in [0.1, 0.15) is 32.9 Å². The SMILES string of the molecule is Cc1cccc(C(=O)c2ccccc2NC(Cc2ccc(OCCNCc3nc4ccccc4o3)cc2)C(=O)O)c1. The number of aromatic nitrogens is 1. The number of fused-ring (bicyclic) bond motifs is 1. The summed E-state index contributed by atoms with van der Waals surface area (Å²) in [6, 6.07) is 28.4. The minimum atomic E-state index is -1.01. The Kier molecular flexibility index (Phi) is 8.71. The Morgan fingerprint density at radius 1 is 0.951 bits per heavy atom. The maximum Gasteiger partial charge on any atom is 0.326 e. The van der Waals surface area contributed by atoms with E-state index in [0.717, 1.165) is 22.2 Å². The van der Waals surface area contributed by atoms with Crippen LogP contribution in [0.15, 0.2) is 101 Å². The molecule has 0 aliphatic heterocycles. The van der Waals surface area contributed by atoms with Crippen molar-refractivity contribution < 1.29 is 23.8 Å². The second-order valence-electron chi connectivity index (χ2n) is 9.73. The number of aliphatic carboxylic acids is 1. The van der Waals surface area contributed by atoms with Gasteiger partial charge in [0.2, 0.25) is 5.89 Å². The van der Waals surface area contributed by atoms with E-state index in [4.69, 9.17) is 9.15 Å². The number of anilines is 1. The normalized spacial score (nSPS) is 11.7.